The second-order valence-corrected chi connectivity index (χ2v) is 3.65. The minimum atomic E-state index is -0.443. The molecule has 0 saturated carbocycles. The molecule has 0 N–H and O–H groups in total. The van der Waals surface area contributed by atoms with E-state index < -0.39 is 5.60 Å². The van der Waals surface area contributed by atoms with Gasteiger partial charge in [-0.1, -0.05) is 29.9 Å². The van der Waals surface area contributed by atoms with Crippen LogP contribution in [0.15, 0.2) is 24.3 Å². The maximum atomic E-state index is 5.37. The van der Waals surface area contributed by atoms with Gasteiger partial charge in [0.15, 0.2) is 0 Å². The fourth-order valence-corrected chi connectivity index (χ4v) is 0.987. The van der Waals surface area contributed by atoms with Gasteiger partial charge in [0.25, 0.3) is 0 Å². The van der Waals surface area contributed by atoms with E-state index in [-0.39, 0.29) is 0 Å². The van der Waals surface area contributed by atoms with Crippen molar-refractivity contribution in [2.24, 2.45) is 0 Å². The Balaban J connectivity index is 3.05. The van der Waals surface area contributed by atoms with Crippen LogP contribution in [0.2, 0.25) is 0 Å². The lowest BCUT2D eigenvalue weighted by molar-refractivity contribution is 0.0742. The van der Waals surface area contributed by atoms with E-state index in [1.54, 1.807) is 7.11 Å². The van der Waals surface area contributed by atoms with Crippen molar-refractivity contribution >= 4 is 0 Å². The number of ether oxygens (including phenoxy) is 1. The van der Waals surface area contributed by atoms with Crippen LogP contribution in [0.3, 0.4) is 0 Å². The standard InChI is InChI=1S/C14H14O/c1-5-12-8-6-7-9-13(12)10-11-14(2,3)15-4/h1,6-9H,2-4H3. The molecule has 0 aliphatic carbocycles. The van der Waals surface area contributed by atoms with Crippen LogP contribution >= 0.6 is 0 Å². The van der Waals surface area contributed by atoms with Crippen molar-refractivity contribution in [3.05, 3.63) is 35.4 Å². The van der Waals surface area contributed by atoms with Crippen LogP contribution in [-0.4, -0.2) is 12.7 Å². The highest BCUT2D eigenvalue weighted by atomic mass is 16.5. The number of hydrogen-bond donors (Lipinski definition) is 0. The Hall–Kier alpha value is -1.70. The van der Waals surface area contributed by atoms with E-state index in [1.165, 1.54) is 0 Å². The molecule has 15 heavy (non-hydrogen) atoms. The molecular weight excluding hydrogens is 184 g/mol. The highest BCUT2D eigenvalue weighted by Gasteiger charge is 2.10. The second-order valence-electron chi connectivity index (χ2n) is 3.65. The summed E-state index contributed by atoms with van der Waals surface area (Å²) < 4.78 is 5.21. The zero-order valence-electron chi connectivity index (χ0n) is 9.29. The summed E-state index contributed by atoms with van der Waals surface area (Å²) in [6.45, 7) is 3.83. The van der Waals surface area contributed by atoms with Gasteiger partial charge in [-0.15, -0.1) is 6.42 Å². The molecule has 0 aromatic heterocycles. The highest BCUT2D eigenvalue weighted by molar-refractivity contribution is 5.49. The maximum absolute atomic E-state index is 5.37. The molecule has 1 aromatic carbocycles. The van der Waals surface area contributed by atoms with Crippen molar-refractivity contribution < 1.29 is 4.74 Å². The van der Waals surface area contributed by atoms with Crippen LogP contribution in [0, 0.1) is 24.2 Å². The molecular formula is C14H14O. The van der Waals surface area contributed by atoms with Crippen molar-refractivity contribution in [1.82, 2.24) is 0 Å². The lowest BCUT2D eigenvalue weighted by atomic mass is 10.1. The quantitative estimate of drug-likeness (QED) is 0.630. The zero-order chi connectivity index (χ0) is 11.3. The molecule has 0 fully saturated rings. The third kappa shape index (κ3) is 3.17. The Morgan fingerprint density at radius 2 is 1.80 bits per heavy atom. The van der Waals surface area contributed by atoms with E-state index in [9.17, 15) is 0 Å². The summed E-state index contributed by atoms with van der Waals surface area (Å²) in [5, 5.41) is 0. The lowest BCUT2D eigenvalue weighted by Gasteiger charge is -2.14. The third-order valence-electron chi connectivity index (χ3n) is 2.09. The normalized spacial score (nSPS) is 10.0. The Morgan fingerprint density at radius 3 is 2.33 bits per heavy atom. The van der Waals surface area contributed by atoms with E-state index in [0.29, 0.717) is 0 Å². The Morgan fingerprint density at radius 1 is 1.20 bits per heavy atom. The van der Waals surface area contributed by atoms with Crippen LogP contribution in [0.25, 0.3) is 0 Å². The molecule has 1 aromatic rings. The van der Waals surface area contributed by atoms with E-state index in [0.717, 1.165) is 11.1 Å². The van der Waals surface area contributed by atoms with Gasteiger partial charge in [-0.2, -0.15) is 0 Å². The Labute approximate surface area is 91.5 Å². The smallest absolute Gasteiger partial charge is 0.123 e. The average molecular weight is 198 g/mol. The van der Waals surface area contributed by atoms with Crippen LogP contribution in [0.5, 0.6) is 0 Å². The average Bonchev–Trinajstić information content (AvgIpc) is 2.27. The summed E-state index contributed by atoms with van der Waals surface area (Å²) in [4.78, 5) is 0. The molecule has 0 radical (unpaired) electrons. The van der Waals surface area contributed by atoms with Crippen LogP contribution in [0.1, 0.15) is 25.0 Å². The number of terminal acetylenes is 1. The van der Waals surface area contributed by atoms with Crippen molar-refractivity contribution in [3.63, 3.8) is 0 Å². The van der Waals surface area contributed by atoms with Gasteiger partial charge in [0.1, 0.15) is 5.60 Å². The predicted octanol–water partition coefficient (Wildman–Crippen LogP) is 2.44. The van der Waals surface area contributed by atoms with Crippen molar-refractivity contribution in [1.29, 1.82) is 0 Å². The molecule has 1 nitrogen and oxygen atoms in total. The molecule has 0 saturated heterocycles. The summed E-state index contributed by atoms with van der Waals surface area (Å²) in [5.41, 5.74) is 1.24. The predicted molar refractivity (Wildman–Crippen MR) is 62.3 cm³/mol. The molecule has 0 aliphatic rings. The first-order valence-electron chi connectivity index (χ1n) is 4.73. The largest absolute Gasteiger partial charge is 0.366 e. The van der Waals surface area contributed by atoms with Crippen molar-refractivity contribution in [2.45, 2.75) is 19.4 Å². The summed E-state index contributed by atoms with van der Waals surface area (Å²) in [6, 6.07) is 7.62. The van der Waals surface area contributed by atoms with Gasteiger partial charge < -0.3 is 4.74 Å². The molecule has 1 rings (SSSR count). The second kappa shape index (κ2) is 4.69. The summed E-state index contributed by atoms with van der Waals surface area (Å²) in [5.74, 6) is 8.68. The summed E-state index contributed by atoms with van der Waals surface area (Å²) in [6.07, 6.45) is 5.37. The number of benzene rings is 1. The van der Waals surface area contributed by atoms with Crippen LogP contribution in [-0.2, 0) is 4.74 Å². The van der Waals surface area contributed by atoms with E-state index in [1.807, 2.05) is 38.1 Å². The number of hydrogen-bond acceptors (Lipinski definition) is 1. The van der Waals surface area contributed by atoms with Crippen molar-refractivity contribution in [3.8, 4) is 24.2 Å². The van der Waals surface area contributed by atoms with Crippen molar-refractivity contribution in [2.75, 3.05) is 7.11 Å². The first kappa shape index (κ1) is 11.4. The summed E-state index contributed by atoms with van der Waals surface area (Å²) >= 11 is 0. The minimum absolute atomic E-state index is 0.443. The molecule has 1 heteroatoms. The fraction of sp³-hybridized carbons (Fsp3) is 0.286. The van der Waals surface area contributed by atoms with Gasteiger partial charge in [0.05, 0.1) is 0 Å². The molecule has 0 spiro atoms. The van der Waals surface area contributed by atoms with Gasteiger partial charge in [-0.3, -0.25) is 0 Å². The Bertz CT molecular complexity index is 438. The molecule has 76 valence electrons. The van der Waals surface area contributed by atoms with Gasteiger partial charge >= 0.3 is 0 Å². The van der Waals surface area contributed by atoms with Gasteiger partial charge in [0.2, 0.25) is 0 Å². The molecule has 0 bridgehead atoms. The molecule has 0 atom stereocenters. The topological polar surface area (TPSA) is 9.23 Å². The molecule has 0 unspecified atom stereocenters. The van der Waals surface area contributed by atoms with E-state index in [2.05, 4.69) is 17.8 Å². The third-order valence-corrected chi connectivity index (χ3v) is 2.09. The van der Waals surface area contributed by atoms with Crippen LogP contribution in [0.4, 0.5) is 0 Å². The zero-order valence-corrected chi connectivity index (χ0v) is 9.29. The first-order chi connectivity index (χ1) is 7.09. The molecule has 0 amide bonds. The monoisotopic (exact) mass is 198 g/mol. The highest BCUT2D eigenvalue weighted by Crippen LogP contribution is 2.08. The van der Waals surface area contributed by atoms with Crippen LogP contribution < -0.4 is 0 Å². The van der Waals surface area contributed by atoms with E-state index >= 15 is 0 Å². The summed E-state index contributed by atoms with van der Waals surface area (Å²) in [7, 11) is 1.64. The fourth-order valence-electron chi connectivity index (χ4n) is 0.987. The number of methoxy groups -OCH3 is 1. The number of rotatable bonds is 1. The van der Waals surface area contributed by atoms with Gasteiger partial charge in [0, 0.05) is 18.2 Å². The maximum Gasteiger partial charge on any atom is 0.123 e. The SMILES string of the molecule is C#Cc1ccccc1C#CC(C)(C)OC. The van der Waals surface area contributed by atoms with E-state index in [4.69, 9.17) is 11.2 Å². The molecule has 0 heterocycles. The lowest BCUT2D eigenvalue weighted by Crippen LogP contribution is -2.19. The Kier molecular flexibility index (Phi) is 3.56. The van der Waals surface area contributed by atoms with Gasteiger partial charge in [-0.25, -0.2) is 0 Å². The minimum Gasteiger partial charge on any atom is -0.366 e. The first-order valence-corrected chi connectivity index (χ1v) is 4.73. The van der Waals surface area contributed by atoms with Gasteiger partial charge in [-0.05, 0) is 26.0 Å². The molecule has 0 aliphatic heterocycles.